The second-order valence-corrected chi connectivity index (χ2v) is 8.52. The summed E-state index contributed by atoms with van der Waals surface area (Å²) in [6.07, 6.45) is -1.95. The topological polar surface area (TPSA) is 121 Å². The number of tetrazole rings is 1. The molecule has 0 bridgehead atoms. The van der Waals surface area contributed by atoms with Gasteiger partial charge in [0.25, 0.3) is 0 Å². The quantitative estimate of drug-likeness (QED) is 0.392. The monoisotopic (exact) mass is 474 g/mol. The maximum atomic E-state index is 11.8. The summed E-state index contributed by atoms with van der Waals surface area (Å²) in [5, 5.41) is 24.7. The van der Waals surface area contributed by atoms with Crippen molar-refractivity contribution in [3.05, 3.63) is 58.9 Å². The normalized spacial score (nSPS) is 22.2. The highest BCUT2D eigenvalue weighted by Gasteiger charge is 2.54. The molecule has 1 aliphatic rings. The summed E-state index contributed by atoms with van der Waals surface area (Å²) in [6.45, 7) is 1.99. The number of anilines is 2. The molecular formula is C22H27ClN6O4. The first kappa shape index (κ1) is 23.2. The molecule has 1 aromatic heterocycles. The van der Waals surface area contributed by atoms with Crippen LogP contribution in [-0.4, -0.2) is 57.5 Å². The first-order chi connectivity index (χ1) is 15.8. The van der Waals surface area contributed by atoms with Crippen LogP contribution in [0.25, 0.3) is 0 Å². The van der Waals surface area contributed by atoms with Crippen LogP contribution in [-0.2, 0) is 23.1 Å². The number of methoxy groups -OCH3 is 2. The maximum absolute atomic E-state index is 11.8. The molecule has 0 fully saturated rings. The van der Waals surface area contributed by atoms with Crippen LogP contribution in [0.3, 0.4) is 0 Å². The Morgan fingerprint density at radius 1 is 1.27 bits per heavy atom. The van der Waals surface area contributed by atoms with Crippen LogP contribution < -0.4 is 15.4 Å². The molecule has 10 nitrogen and oxygen atoms in total. The van der Waals surface area contributed by atoms with Gasteiger partial charge in [0.05, 0.1) is 19.6 Å². The van der Waals surface area contributed by atoms with E-state index in [1.807, 2.05) is 23.1 Å². The lowest BCUT2D eigenvalue weighted by Gasteiger charge is -2.49. The van der Waals surface area contributed by atoms with Crippen molar-refractivity contribution in [2.24, 2.45) is 7.05 Å². The molecule has 0 saturated carbocycles. The van der Waals surface area contributed by atoms with E-state index in [4.69, 9.17) is 31.5 Å². The van der Waals surface area contributed by atoms with Crippen molar-refractivity contribution in [2.75, 3.05) is 24.9 Å². The first-order valence-electron chi connectivity index (χ1n) is 10.3. The van der Waals surface area contributed by atoms with E-state index < -0.39 is 24.0 Å². The Kier molecular flexibility index (Phi) is 6.44. The summed E-state index contributed by atoms with van der Waals surface area (Å²) in [5.41, 5.74) is 6.87. The summed E-state index contributed by atoms with van der Waals surface area (Å²) < 4.78 is 17.3. The minimum absolute atomic E-state index is 0.241. The number of hydrogen-bond donors (Lipinski definition) is 2. The number of ether oxygens (including phenoxy) is 3. The van der Waals surface area contributed by atoms with Gasteiger partial charge < -0.3 is 30.0 Å². The number of hydrogen-bond acceptors (Lipinski definition) is 9. The van der Waals surface area contributed by atoms with Crippen LogP contribution in [0.1, 0.15) is 24.4 Å². The Labute approximate surface area is 196 Å². The Morgan fingerprint density at radius 3 is 2.67 bits per heavy atom. The van der Waals surface area contributed by atoms with Gasteiger partial charge in [-0.05, 0) is 48.5 Å². The number of rotatable bonds is 7. The van der Waals surface area contributed by atoms with E-state index in [9.17, 15) is 5.11 Å². The van der Waals surface area contributed by atoms with E-state index in [2.05, 4.69) is 15.4 Å². The molecule has 11 heteroatoms. The number of aliphatic hydroxyl groups excluding tert-OH is 1. The molecule has 3 atom stereocenters. The molecule has 1 aliphatic heterocycles. The number of benzene rings is 2. The van der Waals surface area contributed by atoms with Crippen LogP contribution >= 0.6 is 11.6 Å². The average molecular weight is 475 g/mol. The predicted molar refractivity (Wildman–Crippen MR) is 123 cm³/mol. The van der Waals surface area contributed by atoms with Gasteiger partial charge in [0.1, 0.15) is 11.9 Å². The van der Waals surface area contributed by atoms with Crippen molar-refractivity contribution in [1.82, 2.24) is 20.2 Å². The molecule has 0 unspecified atom stereocenters. The first-order valence-corrected chi connectivity index (χ1v) is 10.7. The van der Waals surface area contributed by atoms with E-state index in [1.54, 1.807) is 38.2 Å². The minimum atomic E-state index is -1.25. The van der Waals surface area contributed by atoms with Crippen LogP contribution in [0.4, 0.5) is 11.4 Å². The lowest BCUT2D eigenvalue weighted by atomic mass is 9.83. The SMILES string of the molecule is COC(OC)[C@@]1(C)Oc2ccc(N)cc2[C@H](N(Cc2nnn(C)n2)c2cccc(Cl)c2)[C@H]1O. The zero-order chi connectivity index (χ0) is 23.8. The van der Waals surface area contributed by atoms with Crippen molar-refractivity contribution in [2.45, 2.75) is 37.5 Å². The van der Waals surface area contributed by atoms with Gasteiger partial charge in [0.2, 0.25) is 0 Å². The molecule has 2 aromatic carbocycles. The number of aliphatic hydroxyl groups is 1. The highest BCUT2D eigenvalue weighted by Crippen LogP contribution is 2.47. The molecule has 4 rings (SSSR count). The van der Waals surface area contributed by atoms with E-state index in [0.29, 0.717) is 27.8 Å². The number of fused-ring (bicyclic) bond motifs is 1. The number of nitrogens with zero attached hydrogens (tertiary/aromatic N) is 5. The van der Waals surface area contributed by atoms with Crippen LogP contribution in [0.2, 0.25) is 5.02 Å². The van der Waals surface area contributed by atoms with Gasteiger partial charge in [-0.3, -0.25) is 0 Å². The predicted octanol–water partition coefficient (Wildman–Crippen LogP) is 2.32. The summed E-state index contributed by atoms with van der Waals surface area (Å²) >= 11 is 6.33. The lowest BCUT2D eigenvalue weighted by Crippen LogP contribution is -2.62. The summed E-state index contributed by atoms with van der Waals surface area (Å²) in [4.78, 5) is 3.34. The number of nitrogen functional groups attached to an aromatic ring is 1. The van der Waals surface area contributed by atoms with E-state index in [0.717, 1.165) is 5.69 Å². The molecule has 0 radical (unpaired) electrons. The summed E-state index contributed by atoms with van der Waals surface area (Å²) in [5.74, 6) is 1.03. The van der Waals surface area contributed by atoms with Crippen molar-refractivity contribution >= 4 is 23.0 Å². The largest absolute Gasteiger partial charge is 0.479 e. The minimum Gasteiger partial charge on any atom is -0.479 e. The van der Waals surface area contributed by atoms with Gasteiger partial charge in [0, 0.05) is 36.2 Å². The Morgan fingerprint density at radius 2 is 2.03 bits per heavy atom. The van der Waals surface area contributed by atoms with Crippen molar-refractivity contribution < 1.29 is 19.3 Å². The molecule has 0 spiro atoms. The average Bonchev–Trinajstić information content (AvgIpc) is 3.19. The molecule has 3 aromatic rings. The van der Waals surface area contributed by atoms with Gasteiger partial charge in [-0.1, -0.05) is 17.7 Å². The number of aryl methyl sites for hydroxylation is 1. The Balaban J connectivity index is 1.90. The van der Waals surface area contributed by atoms with E-state index in [-0.39, 0.29) is 6.54 Å². The molecule has 176 valence electrons. The van der Waals surface area contributed by atoms with Crippen LogP contribution in [0.5, 0.6) is 5.75 Å². The summed E-state index contributed by atoms with van der Waals surface area (Å²) in [6, 6.07) is 12.0. The highest BCUT2D eigenvalue weighted by molar-refractivity contribution is 6.30. The van der Waals surface area contributed by atoms with Crippen LogP contribution in [0.15, 0.2) is 42.5 Å². The van der Waals surface area contributed by atoms with Gasteiger partial charge in [-0.15, -0.1) is 10.2 Å². The lowest BCUT2D eigenvalue weighted by molar-refractivity contribution is -0.237. The fraction of sp³-hybridized carbons (Fsp3) is 0.409. The smallest absolute Gasteiger partial charge is 0.199 e. The maximum Gasteiger partial charge on any atom is 0.199 e. The van der Waals surface area contributed by atoms with Gasteiger partial charge in [-0.25, -0.2) is 0 Å². The van der Waals surface area contributed by atoms with Gasteiger partial charge in [-0.2, -0.15) is 4.80 Å². The Bertz CT molecular complexity index is 1120. The molecule has 0 aliphatic carbocycles. The fourth-order valence-corrected chi connectivity index (χ4v) is 4.49. The van der Waals surface area contributed by atoms with Gasteiger partial charge >= 0.3 is 0 Å². The summed E-state index contributed by atoms with van der Waals surface area (Å²) in [7, 11) is 4.70. The second kappa shape index (κ2) is 9.14. The fourth-order valence-electron chi connectivity index (χ4n) is 4.31. The molecule has 0 saturated heterocycles. The van der Waals surface area contributed by atoms with E-state index >= 15 is 0 Å². The van der Waals surface area contributed by atoms with Crippen molar-refractivity contribution in [3.63, 3.8) is 0 Å². The number of halogens is 1. The van der Waals surface area contributed by atoms with Crippen molar-refractivity contribution in [1.29, 1.82) is 0 Å². The third-order valence-electron chi connectivity index (χ3n) is 5.80. The molecule has 3 N–H and O–H groups in total. The molecule has 33 heavy (non-hydrogen) atoms. The zero-order valence-electron chi connectivity index (χ0n) is 18.8. The third kappa shape index (κ3) is 4.34. The van der Waals surface area contributed by atoms with Crippen LogP contribution in [0, 0.1) is 0 Å². The van der Waals surface area contributed by atoms with Crippen molar-refractivity contribution in [3.8, 4) is 5.75 Å². The molecule has 2 heterocycles. The highest BCUT2D eigenvalue weighted by atomic mass is 35.5. The molecule has 0 amide bonds. The second-order valence-electron chi connectivity index (χ2n) is 8.08. The number of aromatic nitrogens is 4. The van der Waals surface area contributed by atoms with Gasteiger partial charge in [0.15, 0.2) is 17.7 Å². The zero-order valence-corrected chi connectivity index (χ0v) is 19.6. The van der Waals surface area contributed by atoms with E-state index in [1.165, 1.54) is 19.0 Å². The molecular weight excluding hydrogens is 448 g/mol. The Hall–Kier alpha value is -2.92. The standard InChI is InChI=1S/C22H27ClN6O4/c1-22(21(31-3)32-4)20(30)19(16-11-14(24)8-9-17(16)33-22)29(12-18-25-27-28(2)26-18)15-7-5-6-13(23)10-15/h5-11,19-21,30H,12,24H2,1-4H3/t19-,20+,22-/m0/s1. The number of nitrogens with two attached hydrogens (primary N) is 1. The third-order valence-corrected chi connectivity index (χ3v) is 6.04.